The second-order valence-electron chi connectivity index (χ2n) is 9.07. The van der Waals surface area contributed by atoms with E-state index in [2.05, 4.69) is 68.9 Å². The number of likely N-dealkylation sites (tertiary alicyclic amines) is 1. The molecule has 0 atom stereocenters. The van der Waals surface area contributed by atoms with Gasteiger partial charge in [-0.25, -0.2) is 9.97 Å². The van der Waals surface area contributed by atoms with Gasteiger partial charge in [0.25, 0.3) is 0 Å². The van der Waals surface area contributed by atoms with Crippen LogP contribution in [0.15, 0.2) is 18.5 Å². The first-order valence-electron chi connectivity index (χ1n) is 10.0. The molecule has 1 saturated heterocycles. The third-order valence-corrected chi connectivity index (χ3v) is 6.11. The van der Waals surface area contributed by atoms with Gasteiger partial charge in [0.05, 0.1) is 11.9 Å². The first-order chi connectivity index (χ1) is 12.6. The zero-order valence-electron chi connectivity index (χ0n) is 17.9. The molecule has 0 saturated carbocycles. The Morgan fingerprint density at radius 1 is 1.19 bits per heavy atom. The van der Waals surface area contributed by atoms with Crippen molar-refractivity contribution in [3.05, 3.63) is 24.2 Å². The fourth-order valence-electron chi connectivity index (χ4n) is 4.37. The lowest BCUT2D eigenvalue weighted by Crippen LogP contribution is -2.61. The van der Waals surface area contributed by atoms with E-state index in [1.54, 1.807) is 0 Å². The monoisotopic (exact) mass is 370 g/mol. The summed E-state index contributed by atoms with van der Waals surface area (Å²) in [5, 5.41) is 8.10. The van der Waals surface area contributed by atoms with Gasteiger partial charge >= 0.3 is 0 Å². The average molecular weight is 371 g/mol. The lowest BCUT2D eigenvalue weighted by molar-refractivity contribution is -0.00778. The van der Waals surface area contributed by atoms with E-state index in [1.165, 1.54) is 0 Å². The van der Waals surface area contributed by atoms with Crippen LogP contribution in [0.4, 0.5) is 5.95 Å². The normalized spacial score (nSPS) is 20.0. The standard InChI is InChI=1S/C21H34N6/c1-8-11-27-15(2)17(14-23-27)18-9-10-22-19(25-18)24-16-12-20(3,4)26(7)21(5,6)13-16/h9-10,14,16H,8,11-13H2,1-7H3,(H,22,24,25). The van der Waals surface area contributed by atoms with Crippen LogP contribution in [0.3, 0.4) is 0 Å². The zero-order valence-corrected chi connectivity index (χ0v) is 17.9. The fraction of sp³-hybridized carbons (Fsp3) is 0.667. The Hall–Kier alpha value is -1.95. The van der Waals surface area contributed by atoms with Crippen molar-refractivity contribution in [1.29, 1.82) is 0 Å². The van der Waals surface area contributed by atoms with E-state index in [4.69, 9.17) is 4.98 Å². The number of anilines is 1. The molecule has 0 aromatic carbocycles. The molecule has 0 amide bonds. The SMILES string of the molecule is CCCn1ncc(-c2ccnc(NC3CC(C)(C)N(C)C(C)(C)C3)n2)c1C. The lowest BCUT2D eigenvalue weighted by Gasteiger charge is -2.53. The maximum Gasteiger partial charge on any atom is 0.223 e. The van der Waals surface area contributed by atoms with E-state index in [0.717, 1.165) is 42.8 Å². The Bertz CT molecular complexity index is 774. The van der Waals surface area contributed by atoms with Crippen molar-refractivity contribution in [3.63, 3.8) is 0 Å². The van der Waals surface area contributed by atoms with Gasteiger partial charge in [0.1, 0.15) is 0 Å². The Balaban J connectivity index is 1.81. The van der Waals surface area contributed by atoms with Gasteiger partial charge in [0, 0.05) is 41.1 Å². The molecular weight excluding hydrogens is 336 g/mol. The Kier molecular flexibility index (Phi) is 5.30. The van der Waals surface area contributed by atoms with Gasteiger partial charge in [-0.05, 0) is 67.0 Å². The highest BCUT2D eigenvalue weighted by molar-refractivity contribution is 5.61. The number of aromatic nitrogens is 4. The van der Waals surface area contributed by atoms with Crippen molar-refractivity contribution in [2.75, 3.05) is 12.4 Å². The van der Waals surface area contributed by atoms with Crippen LogP contribution in [0.2, 0.25) is 0 Å². The maximum atomic E-state index is 4.80. The highest BCUT2D eigenvalue weighted by Crippen LogP contribution is 2.37. The predicted molar refractivity (Wildman–Crippen MR) is 111 cm³/mol. The van der Waals surface area contributed by atoms with Gasteiger partial charge in [-0.1, -0.05) is 6.92 Å². The largest absolute Gasteiger partial charge is 0.351 e. The van der Waals surface area contributed by atoms with E-state index in [-0.39, 0.29) is 11.1 Å². The smallest absolute Gasteiger partial charge is 0.223 e. The molecule has 3 heterocycles. The average Bonchev–Trinajstić information content (AvgIpc) is 2.94. The molecule has 2 aromatic heterocycles. The van der Waals surface area contributed by atoms with E-state index in [9.17, 15) is 0 Å². The van der Waals surface area contributed by atoms with Gasteiger partial charge in [0.2, 0.25) is 5.95 Å². The second kappa shape index (κ2) is 7.23. The molecule has 27 heavy (non-hydrogen) atoms. The minimum absolute atomic E-state index is 0.134. The van der Waals surface area contributed by atoms with Crippen molar-refractivity contribution >= 4 is 5.95 Å². The summed E-state index contributed by atoms with van der Waals surface area (Å²) < 4.78 is 2.05. The summed E-state index contributed by atoms with van der Waals surface area (Å²) in [6, 6.07) is 2.32. The van der Waals surface area contributed by atoms with Crippen molar-refractivity contribution in [2.24, 2.45) is 0 Å². The van der Waals surface area contributed by atoms with Gasteiger partial charge < -0.3 is 5.32 Å². The maximum absolute atomic E-state index is 4.80. The van der Waals surface area contributed by atoms with Crippen LogP contribution in [0.25, 0.3) is 11.3 Å². The van der Waals surface area contributed by atoms with Crippen LogP contribution in [0, 0.1) is 6.92 Å². The Labute approximate surface area is 163 Å². The molecular formula is C21H34N6. The van der Waals surface area contributed by atoms with Crippen molar-refractivity contribution < 1.29 is 0 Å². The minimum Gasteiger partial charge on any atom is -0.351 e. The van der Waals surface area contributed by atoms with E-state index < -0.39 is 0 Å². The van der Waals surface area contributed by atoms with Crippen molar-refractivity contribution in [1.82, 2.24) is 24.6 Å². The molecule has 0 aliphatic carbocycles. The molecule has 148 valence electrons. The number of hydrogen-bond donors (Lipinski definition) is 1. The molecule has 6 heteroatoms. The number of rotatable bonds is 5. The highest BCUT2D eigenvalue weighted by Gasteiger charge is 2.43. The van der Waals surface area contributed by atoms with Crippen LogP contribution in [-0.2, 0) is 6.54 Å². The summed E-state index contributed by atoms with van der Waals surface area (Å²) >= 11 is 0. The molecule has 1 aliphatic heterocycles. The van der Waals surface area contributed by atoms with Crippen molar-refractivity contribution in [2.45, 2.75) is 84.5 Å². The predicted octanol–water partition coefficient (Wildman–Crippen LogP) is 4.12. The third-order valence-electron chi connectivity index (χ3n) is 6.11. The number of aryl methyl sites for hydroxylation is 1. The van der Waals surface area contributed by atoms with Gasteiger partial charge in [-0.3, -0.25) is 9.58 Å². The van der Waals surface area contributed by atoms with Crippen molar-refractivity contribution in [3.8, 4) is 11.3 Å². The van der Waals surface area contributed by atoms with E-state index in [0.29, 0.717) is 12.0 Å². The first kappa shape index (κ1) is 19.8. The van der Waals surface area contributed by atoms with Gasteiger partial charge in [-0.15, -0.1) is 0 Å². The molecule has 6 nitrogen and oxygen atoms in total. The summed E-state index contributed by atoms with van der Waals surface area (Å²) in [6.45, 7) is 14.4. The van der Waals surface area contributed by atoms with Gasteiger partial charge in [0.15, 0.2) is 0 Å². The molecule has 3 rings (SSSR count). The summed E-state index contributed by atoms with van der Waals surface area (Å²) in [7, 11) is 2.23. The molecule has 0 spiro atoms. The Morgan fingerprint density at radius 2 is 1.85 bits per heavy atom. The van der Waals surface area contributed by atoms with Crippen LogP contribution < -0.4 is 5.32 Å². The van der Waals surface area contributed by atoms with Gasteiger partial charge in [-0.2, -0.15) is 5.10 Å². The van der Waals surface area contributed by atoms with E-state index >= 15 is 0 Å². The quantitative estimate of drug-likeness (QED) is 0.858. The lowest BCUT2D eigenvalue weighted by atomic mass is 9.77. The molecule has 1 N–H and O–H groups in total. The van der Waals surface area contributed by atoms with Crippen LogP contribution >= 0.6 is 0 Å². The number of hydrogen-bond acceptors (Lipinski definition) is 5. The topological polar surface area (TPSA) is 58.9 Å². The number of nitrogens with one attached hydrogen (secondary N) is 1. The molecule has 0 radical (unpaired) electrons. The number of nitrogens with zero attached hydrogens (tertiary/aromatic N) is 5. The Morgan fingerprint density at radius 3 is 2.48 bits per heavy atom. The summed E-state index contributed by atoms with van der Waals surface area (Å²) in [4.78, 5) is 11.8. The second-order valence-corrected chi connectivity index (χ2v) is 9.07. The number of piperidine rings is 1. The van der Waals surface area contributed by atoms with E-state index in [1.807, 2.05) is 23.1 Å². The fourth-order valence-corrected chi connectivity index (χ4v) is 4.37. The summed E-state index contributed by atoms with van der Waals surface area (Å²) in [5.41, 5.74) is 3.43. The molecule has 1 aliphatic rings. The van der Waals surface area contributed by atoms with Crippen LogP contribution in [0.1, 0.15) is 59.6 Å². The molecule has 0 bridgehead atoms. The molecule has 2 aromatic rings. The van der Waals surface area contributed by atoms with Crippen LogP contribution in [0.5, 0.6) is 0 Å². The minimum atomic E-state index is 0.134. The molecule has 0 unspecified atom stereocenters. The zero-order chi connectivity index (χ0) is 19.8. The first-order valence-corrected chi connectivity index (χ1v) is 10.0. The third kappa shape index (κ3) is 4.00. The van der Waals surface area contributed by atoms with Crippen LogP contribution in [-0.4, -0.2) is 48.8 Å². The highest BCUT2D eigenvalue weighted by atomic mass is 15.3. The molecule has 1 fully saturated rings. The summed E-state index contributed by atoms with van der Waals surface area (Å²) in [5.74, 6) is 0.705. The summed E-state index contributed by atoms with van der Waals surface area (Å²) in [6.07, 6.45) is 6.95.